The third-order valence-electron chi connectivity index (χ3n) is 6.28. The van der Waals surface area contributed by atoms with E-state index in [4.69, 9.17) is 15.2 Å². The summed E-state index contributed by atoms with van der Waals surface area (Å²) < 4.78 is 10.9. The van der Waals surface area contributed by atoms with Crippen LogP contribution < -0.4 is 16.4 Å². The predicted molar refractivity (Wildman–Crippen MR) is 143 cm³/mol. The zero-order valence-corrected chi connectivity index (χ0v) is 22.6. The van der Waals surface area contributed by atoms with Gasteiger partial charge in [-0.1, -0.05) is 62.4 Å². The van der Waals surface area contributed by atoms with Gasteiger partial charge in [-0.15, -0.1) is 0 Å². The van der Waals surface area contributed by atoms with E-state index >= 15 is 0 Å². The fourth-order valence-corrected chi connectivity index (χ4v) is 4.53. The Morgan fingerprint density at radius 2 is 1.47 bits per heavy atom. The monoisotopic (exact) mass is 523 g/mol. The summed E-state index contributed by atoms with van der Waals surface area (Å²) in [5.41, 5.74) is 9.05. The van der Waals surface area contributed by atoms with E-state index in [-0.39, 0.29) is 31.3 Å². The molecule has 2 aromatic rings. The SMILES string of the molecule is CC(C)[C@H](NC(=O)[C@H](CCC(=O)OC(C)(C)C)NC(=O)OCC1c2ccccc2-c2ccccc21)C(N)=O. The third kappa shape index (κ3) is 7.34. The average Bonchev–Trinajstić information content (AvgIpc) is 3.15. The van der Waals surface area contributed by atoms with Crippen molar-refractivity contribution in [2.45, 2.75) is 71.1 Å². The molecule has 1 aliphatic rings. The molecule has 1 aliphatic carbocycles. The fraction of sp³-hybridized carbons (Fsp3) is 0.448. The van der Waals surface area contributed by atoms with Gasteiger partial charge in [0.1, 0.15) is 24.3 Å². The highest BCUT2D eigenvalue weighted by Gasteiger charge is 2.31. The number of nitrogens with two attached hydrogens (primary N) is 1. The highest BCUT2D eigenvalue weighted by Crippen LogP contribution is 2.44. The van der Waals surface area contributed by atoms with Crippen LogP contribution in [0.3, 0.4) is 0 Å². The number of benzene rings is 2. The van der Waals surface area contributed by atoms with Crippen LogP contribution in [-0.4, -0.2) is 48.2 Å². The lowest BCUT2D eigenvalue weighted by Crippen LogP contribution is -2.54. The number of rotatable bonds is 10. The Labute approximate surface area is 223 Å². The molecule has 0 fully saturated rings. The third-order valence-corrected chi connectivity index (χ3v) is 6.28. The molecule has 4 N–H and O–H groups in total. The first-order chi connectivity index (χ1) is 17.9. The maximum atomic E-state index is 13.0. The molecule has 3 rings (SSSR count). The average molecular weight is 524 g/mol. The molecule has 9 nitrogen and oxygen atoms in total. The molecule has 0 radical (unpaired) electrons. The molecular weight excluding hydrogens is 486 g/mol. The van der Waals surface area contributed by atoms with Gasteiger partial charge in [-0.2, -0.15) is 0 Å². The number of nitrogens with one attached hydrogen (secondary N) is 2. The minimum Gasteiger partial charge on any atom is -0.460 e. The largest absolute Gasteiger partial charge is 0.460 e. The quantitative estimate of drug-likeness (QED) is 0.407. The van der Waals surface area contributed by atoms with Gasteiger partial charge in [0, 0.05) is 12.3 Å². The second-order valence-corrected chi connectivity index (χ2v) is 10.8. The molecule has 3 amide bonds. The number of primary amides is 1. The van der Waals surface area contributed by atoms with E-state index in [1.54, 1.807) is 34.6 Å². The van der Waals surface area contributed by atoms with E-state index in [0.29, 0.717) is 0 Å². The molecule has 0 spiro atoms. The van der Waals surface area contributed by atoms with Crippen LogP contribution in [0.4, 0.5) is 4.79 Å². The fourth-order valence-electron chi connectivity index (χ4n) is 4.53. The topological polar surface area (TPSA) is 137 Å². The molecule has 0 heterocycles. The van der Waals surface area contributed by atoms with Crippen molar-refractivity contribution in [1.29, 1.82) is 0 Å². The van der Waals surface area contributed by atoms with Crippen molar-refractivity contribution in [2.75, 3.05) is 6.61 Å². The minimum atomic E-state index is -1.14. The molecule has 0 aliphatic heterocycles. The lowest BCUT2D eigenvalue weighted by Gasteiger charge is -2.24. The zero-order valence-electron chi connectivity index (χ0n) is 22.6. The van der Waals surface area contributed by atoms with Crippen molar-refractivity contribution in [3.8, 4) is 11.1 Å². The maximum absolute atomic E-state index is 13.0. The van der Waals surface area contributed by atoms with Gasteiger partial charge < -0.3 is 25.8 Å². The summed E-state index contributed by atoms with van der Waals surface area (Å²) in [6.45, 7) is 8.77. The summed E-state index contributed by atoms with van der Waals surface area (Å²) in [7, 11) is 0. The molecule has 0 saturated carbocycles. The van der Waals surface area contributed by atoms with Gasteiger partial charge in [0.15, 0.2) is 0 Å². The Morgan fingerprint density at radius 3 is 1.97 bits per heavy atom. The Morgan fingerprint density at radius 1 is 0.921 bits per heavy atom. The molecule has 0 bridgehead atoms. The van der Waals surface area contributed by atoms with Gasteiger partial charge in [0.2, 0.25) is 11.8 Å². The van der Waals surface area contributed by atoms with Crippen molar-refractivity contribution in [3.63, 3.8) is 0 Å². The standard InChI is InChI=1S/C29H37N3O6/c1-17(2)25(26(30)34)32-27(35)23(14-15-24(33)38-29(3,4)5)31-28(36)37-16-22-20-12-8-6-10-18(20)19-11-7-9-13-21(19)22/h6-13,17,22-23,25H,14-16H2,1-5H3,(H2,30,34)(H,31,36)(H,32,35)/t23-,25-/m0/s1. The van der Waals surface area contributed by atoms with Crippen molar-refractivity contribution in [1.82, 2.24) is 10.6 Å². The lowest BCUT2D eigenvalue weighted by atomic mass is 9.98. The van der Waals surface area contributed by atoms with Gasteiger partial charge in [0.25, 0.3) is 0 Å². The summed E-state index contributed by atoms with van der Waals surface area (Å²) in [6.07, 6.45) is -0.979. The maximum Gasteiger partial charge on any atom is 0.407 e. The van der Waals surface area contributed by atoms with Crippen molar-refractivity contribution in [3.05, 3.63) is 59.7 Å². The first kappa shape index (κ1) is 28.7. The first-order valence-electron chi connectivity index (χ1n) is 12.8. The Balaban J connectivity index is 1.70. The van der Waals surface area contributed by atoms with Gasteiger partial charge >= 0.3 is 12.1 Å². The Bertz CT molecular complexity index is 1140. The second-order valence-electron chi connectivity index (χ2n) is 10.8. The van der Waals surface area contributed by atoms with Gasteiger partial charge in [0.05, 0.1) is 0 Å². The van der Waals surface area contributed by atoms with E-state index in [1.165, 1.54) is 0 Å². The Kier molecular flexibility index (Phi) is 9.14. The van der Waals surface area contributed by atoms with Crippen LogP contribution in [0.15, 0.2) is 48.5 Å². The second kappa shape index (κ2) is 12.1. The normalized spacial score (nSPS) is 14.2. The van der Waals surface area contributed by atoms with Crippen LogP contribution in [0.25, 0.3) is 11.1 Å². The predicted octanol–water partition coefficient (Wildman–Crippen LogP) is 3.64. The number of fused-ring (bicyclic) bond motifs is 3. The van der Waals surface area contributed by atoms with E-state index in [0.717, 1.165) is 22.3 Å². The highest BCUT2D eigenvalue weighted by molar-refractivity contribution is 5.91. The molecular formula is C29H37N3O6. The summed E-state index contributed by atoms with van der Waals surface area (Å²) in [5, 5.41) is 5.14. The number of alkyl carbamates (subject to hydrolysis) is 1. The molecule has 0 saturated heterocycles. The first-order valence-corrected chi connectivity index (χ1v) is 12.8. The number of hydrogen-bond acceptors (Lipinski definition) is 6. The molecule has 0 unspecified atom stereocenters. The van der Waals surface area contributed by atoms with Crippen molar-refractivity contribution in [2.24, 2.45) is 11.7 Å². The summed E-state index contributed by atoms with van der Waals surface area (Å²) >= 11 is 0. The van der Waals surface area contributed by atoms with Crippen LogP contribution in [0.2, 0.25) is 0 Å². The molecule has 204 valence electrons. The van der Waals surface area contributed by atoms with Gasteiger partial charge in [-0.05, 0) is 55.4 Å². The zero-order chi connectivity index (χ0) is 28.0. The van der Waals surface area contributed by atoms with E-state index in [1.807, 2.05) is 48.5 Å². The number of carbonyl (C=O) groups is 4. The summed E-state index contributed by atoms with van der Waals surface area (Å²) in [6, 6.07) is 13.8. The molecule has 2 atom stereocenters. The summed E-state index contributed by atoms with van der Waals surface area (Å²) in [5.74, 6) is -2.26. The van der Waals surface area contributed by atoms with E-state index < -0.39 is 41.6 Å². The van der Waals surface area contributed by atoms with Crippen LogP contribution >= 0.6 is 0 Å². The minimum absolute atomic E-state index is 0.0471. The van der Waals surface area contributed by atoms with Crippen LogP contribution in [-0.2, 0) is 23.9 Å². The number of ether oxygens (including phenoxy) is 2. The van der Waals surface area contributed by atoms with Gasteiger partial charge in [-0.25, -0.2) is 4.79 Å². The number of carbonyl (C=O) groups excluding carboxylic acids is 4. The van der Waals surface area contributed by atoms with Crippen LogP contribution in [0.5, 0.6) is 0 Å². The molecule has 0 aromatic heterocycles. The molecule has 2 aromatic carbocycles. The number of hydrogen-bond donors (Lipinski definition) is 3. The van der Waals surface area contributed by atoms with Crippen molar-refractivity contribution >= 4 is 23.9 Å². The summed E-state index contributed by atoms with van der Waals surface area (Å²) in [4.78, 5) is 50.0. The van der Waals surface area contributed by atoms with Crippen LogP contribution in [0, 0.1) is 5.92 Å². The van der Waals surface area contributed by atoms with Crippen LogP contribution in [0.1, 0.15) is 64.5 Å². The molecule has 38 heavy (non-hydrogen) atoms. The number of esters is 1. The number of amides is 3. The molecule has 9 heteroatoms. The Hall–Kier alpha value is -3.88. The lowest BCUT2D eigenvalue weighted by molar-refractivity contribution is -0.155. The highest BCUT2D eigenvalue weighted by atomic mass is 16.6. The van der Waals surface area contributed by atoms with E-state index in [9.17, 15) is 19.2 Å². The van der Waals surface area contributed by atoms with Gasteiger partial charge in [-0.3, -0.25) is 14.4 Å². The van der Waals surface area contributed by atoms with Crippen molar-refractivity contribution < 1.29 is 28.7 Å². The smallest absolute Gasteiger partial charge is 0.407 e. The van der Waals surface area contributed by atoms with E-state index in [2.05, 4.69) is 10.6 Å².